The average molecular weight is 265 g/mol. The minimum Gasteiger partial charge on any atom is -0.493 e. The number of fused-ring (bicyclic) bond motifs is 1. The van der Waals surface area contributed by atoms with Crippen LogP contribution in [0.15, 0.2) is 18.2 Å². The van der Waals surface area contributed by atoms with Crippen molar-refractivity contribution in [1.29, 1.82) is 0 Å². The van der Waals surface area contributed by atoms with Crippen molar-refractivity contribution in [2.24, 2.45) is 0 Å². The van der Waals surface area contributed by atoms with Gasteiger partial charge in [-0.2, -0.15) is 11.8 Å². The molecule has 1 aromatic carbocycles. The summed E-state index contributed by atoms with van der Waals surface area (Å²) in [6.07, 6.45) is 2.15. The second-order valence-electron chi connectivity index (χ2n) is 4.31. The van der Waals surface area contributed by atoms with Gasteiger partial charge < -0.3 is 10.1 Å². The van der Waals surface area contributed by atoms with Gasteiger partial charge >= 0.3 is 0 Å². The highest BCUT2D eigenvalue weighted by molar-refractivity contribution is 7.99. The number of ether oxygens (including phenoxy) is 1. The number of hydrogen-bond acceptors (Lipinski definition) is 3. The van der Waals surface area contributed by atoms with E-state index in [0.717, 1.165) is 36.5 Å². The largest absolute Gasteiger partial charge is 0.493 e. The zero-order valence-electron chi connectivity index (χ0n) is 10.7. The van der Waals surface area contributed by atoms with Crippen LogP contribution in [0.25, 0.3) is 0 Å². The lowest BCUT2D eigenvalue weighted by molar-refractivity contribution is -0.118. The van der Waals surface area contributed by atoms with Crippen molar-refractivity contribution in [2.75, 3.05) is 18.1 Å². The Balaban J connectivity index is 1.88. The van der Waals surface area contributed by atoms with Crippen molar-refractivity contribution in [3.8, 4) is 5.75 Å². The Morgan fingerprint density at radius 3 is 3.22 bits per heavy atom. The summed E-state index contributed by atoms with van der Waals surface area (Å²) in [6, 6.07) is 6.18. The second kappa shape index (κ2) is 6.69. The van der Waals surface area contributed by atoms with E-state index in [9.17, 15) is 4.79 Å². The lowest BCUT2D eigenvalue weighted by Gasteiger charge is -2.18. The molecule has 0 atom stereocenters. The molecule has 18 heavy (non-hydrogen) atoms. The fourth-order valence-corrected chi connectivity index (χ4v) is 2.46. The molecule has 1 heterocycles. The third kappa shape index (κ3) is 3.67. The first-order valence-corrected chi connectivity index (χ1v) is 7.54. The van der Waals surface area contributed by atoms with Crippen LogP contribution in [0.5, 0.6) is 5.75 Å². The number of benzene rings is 1. The van der Waals surface area contributed by atoms with Crippen LogP contribution in [0.3, 0.4) is 0 Å². The lowest BCUT2D eigenvalue weighted by Crippen LogP contribution is -2.24. The first-order chi connectivity index (χ1) is 8.79. The second-order valence-corrected chi connectivity index (χ2v) is 5.58. The Morgan fingerprint density at radius 1 is 1.50 bits per heavy atom. The molecular weight excluding hydrogens is 246 g/mol. The molecule has 0 fully saturated rings. The van der Waals surface area contributed by atoms with Crippen LogP contribution in [-0.2, 0) is 17.8 Å². The number of aryl methyl sites for hydroxylation is 1. The topological polar surface area (TPSA) is 38.3 Å². The molecule has 0 saturated heterocycles. The van der Waals surface area contributed by atoms with E-state index in [1.54, 1.807) is 11.8 Å². The molecule has 0 aromatic heterocycles. The van der Waals surface area contributed by atoms with Crippen molar-refractivity contribution in [2.45, 2.75) is 26.3 Å². The average Bonchev–Trinajstić information content (AvgIpc) is 2.42. The molecule has 0 aliphatic carbocycles. The monoisotopic (exact) mass is 265 g/mol. The maximum absolute atomic E-state index is 11.5. The van der Waals surface area contributed by atoms with E-state index in [1.807, 2.05) is 12.1 Å². The molecule has 98 valence electrons. The van der Waals surface area contributed by atoms with E-state index in [0.29, 0.717) is 12.3 Å². The highest BCUT2D eigenvalue weighted by Crippen LogP contribution is 2.25. The van der Waals surface area contributed by atoms with Crippen molar-refractivity contribution in [3.63, 3.8) is 0 Å². The zero-order chi connectivity index (χ0) is 12.8. The molecule has 0 unspecified atom stereocenters. The molecule has 0 saturated carbocycles. The maximum atomic E-state index is 11.5. The van der Waals surface area contributed by atoms with E-state index in [-0.39, 0.29) is 5.91 Å². The molecular formula is C14H19NO2S. The van der Waals surface area contributed by atoms with Crippen LogP contribution >= 0.6 is 11.8 Å². The van der Waals surface area contributed by atoms with Crippen LogP contribution in [0.1, 0.15) is 24.5 Å². The van der Waals surface area contributed by atoms with E-state index in [1.165, 1.54) is 5.56 Å². The highest BCUT2D eigenvalue weighted by Gasteiger charge is 2.10. The zero-order valence-corrected chi connectivity index (χ0v) is 11.5. The predicted molar refractivity (Wildman–Crippen MR) is 75.1 cm³/mol. The van der Waals surface area contributed by atoms with Crippen LogP contribution in [0.4, 0.5) is 0 Å². The summed E-state index contributed by atoms with van der Waals surface area (Å²) in [5.74, 6) is 2.63. The van der Waals surface area contributed by atoms with Crippen molar-refractivity contribution >= 4 is 17.7 Å². The summed E-state index contributed by atoms with van der Waals surface area (Å²) in [5.41, 5.74) is 2.41. The number of nitrogens with one attached hydrogen (secondary N) is 1. The maximum Gasteiger partial charge on any atom is 0.230 e. The first-order valence-electron chi connectivity index (χ1n) is 6.38. The Bertz CT molecular complexity index is 420. The molecule has 0 bridgehead atoms. The standard InChI is InChI=1S/C14H19NO2S/c1-2-18-10-14(16)15-9-11-5-6-13-12(8-11)4-3-7-17-13/h5-6,8H,2-4,7,9-10H2,1H3,(H,15,16). The third-order valence-electron chi connectivity index (χ3n) is 2.90. The quantitative estimate of drug-likeness (QED) is 0.888. The summed E-state index contributed by atoms with van der Waals surface area (Å²) in [6.45, 7) is 3.48. The molecule has 1 aliphatic rings. The van der Waals surface area contributed by atoms with Crippen LogP contribution in [0.2, 0.25) is 0 Å². The van der Waals surface area contributed by atoms with Gasteiger partial charge in [-0.25, -0.2) is 0 Å². The van der Waals surface area contributed by atoms with Gasteiger partial charge in [0, 0.05) is 6.54 Å². The van der Waals surface area contributed by atoms with E-state index >= 15 is 0 Å². The Kier molecular flexibility index (Phi) is 4.93. The van der Waals surface area contributed by atoms with E-state index in [4.69, 9.17) is 4.74 Å². The third-order valence-corrected chi connectivity index (χ3v) is 3.77. The normalized spacial score (nSPS) is 13.6. The number of hydrogen-bond donors (Lipinski definition) is 1. The Morgan fingerprint density at radius 2 is 2.39 bits per heavy atom. The lowest BCUT2D eigenvalue weighted by atomic mass is 10.0. The Labute approximate surface area is 112 Å². The van der Waals surface area contributed by atoms with Crippen molar-refractivity contribution in [3.05, 3.63) is 29.3 Å². The van der Waals surface area contributed by atoms with Gasteiger partial charge in [0.25, 0.3) is 0 Å². The van der Waals surface area contributed by atoms with Gasteiger partial charge in [0.05, 0.1) is 12.4 Å². The summed E-state index contributed by atoms with van der Waals surface area (Å²) >= 11 is 1.64. The molecule has 2 rings (SSSR count). The predicted octanol–water partition coefficient (Wildman–Crippen LogP) is 2.38. The molecule has 0 spiro atoms. The SMILES string of the molecule is CCSCC(=O)NCc1ccc2c(c1)CCCO2. The summed E-state index contributed by atoms with van der Waals surface area (Å²) in [4.78, 5) is 11.5. The van der Waals surface area contributed by atoms with Gasteiger partial charge in [0.15, 0.2) is 0 Å². The van der Waals surface area contributed by atoms with Gasteiger partial charge in [-0.05, 0) is 35.8 Å². The molecule has 1 aliphatic heterocycles. The molecule has 3 nitrogen and oxygen atoms in total. The number of carbonyl (C=O) groups excluding carboxylic acids is 1. The number of amides is 1. The van der Waals surface area contributed by atoms with E-state index in [2.05, 4.69) is 18.3 Å². The summed E-state index contributed by atoms with van der Waals surface area (Å²) < 4.78 is 5.57. The minimum atomic E-state index is 0.107. The summed E-state index contributed by atoms with van der Waals surface area (Å²) in [5, 5.41) is 2.94. The van der Waals surface area contributed by atoms with Crippen molar-refractivity contribution < 1.29 is 9.53 Å². The van der Waals surface area contributed by atoms with Gasteiger partial charge in [0.2, 0.25) is 5.91 Å². The van der Waals surface area contributed by atoms with E-state index < -0.39 is 0 Å². The van der Waals surface area contributed by atoms with Crippen molar-refractivity contribution in [1.82, 2.24) is 5.32 Å². The van der Waals surface area contributed by atoms with Gasteiger partial charge in [-0.15, -0.1) is 0 Å². The molecule has 1 aromatic rings. The smallest absolute Gasteiger partial charge is 0.230 e. The molecule has 1 amide bonds. The highest BCUT2D eigenvalue weighted by atomic mass is 32.2. The molecule has 4 heteroatoms. The minimum absolute atomic E-state index is 0.107. The molecule has 0 radical (unpaired) electrons. The van der Waals surface area contributed by atoms with Crippen LogP contribution in [0, 0.1) is 0 Å². The fourth-order valence-electron chi connectivity index (χ4n) is 1.97. The summed E-state index contributed by atoms with van der Waals surface area (Å²) in [7, 11) is 0. The number of thioether (sulfide) groups is 1. The first kappa shape index (κ1) is 13.3. The van der Waals surface area contributed by atoms with Crippen LogP contribution < -0.4 is 10.1 Å². The van der Waals surface area contributed by atoms with Gasteiger partial charge in [-0.3, -0.25) is 4.79 Å². The number of carbonyl (C=O) groups is 1. The van der Waals surface area contributed by atoms with Crippen LogP contribution in [-0.4, -0.2) is 24.0 Å². The van der Waals surface area contributed by atoms with Gasteiger partial charge in [0.1, 0.15) is 5.75 Å². The molecule has 1 N–H and O–H groups in total. The van der Waals surface area contributed by atoms with Gasteiger partial charge in [-0.1, -0.05) is 19.1 Å². The Hall–Kier alpha value is -1.16. The fraction of sp³-hybridized carbons (Fsp3) is 0.500. The number of rotatable bonds is 5.